The number of ether oxygens (including phenoxy) is 1. The third kappa shape index (κ3) is 2.39. The summed E-state index contributed by atoms with van der Waals surface area (Å²) in [7, 11) is 0. The Labute approximate surface area is 125 Å². The Morgan fingerprint density at radius 1 is 1.24 bits per heavy atom. The Kier molecular flexibility index (Phi) is 3.83. The molecule has 1 aliphatic rings. The third-order valence-corrected chi connectivity index (χ3v) is 4.46. The molecule has 112 valence electrons. The number of hydrogen-bond acceptors (Lipinski definition) is 3. The van der Waals surface area contributed by atoms with E-state index in [0.29, 0.717) is 0 Å². The zero-order valence-electron chi connectivity index (χ0n) is 12.9. The maximum Gasteiger partial charge on any atom is 0.162 e. The molecule has 4 heteroatoms. The number of morpholine rings is 1. The number of hydrogen-bond donors (Lipinski definition) is 0. The molecule has 0 saturated carbocycles. The van der Waals surface area contributed by atoms with Gasteiger partial charge >= 0.3 is 0 Å². The molecule has 2 aromatic rings. The summed E-state index contributed by atoms with van der Waals surface area (Å²) in [6, 6.07) is 8.18. The van der Waals surface area contributed by atoms with E-state index in [4.69, 9.17) is 4.74 Å². The van der Waals surface area contributed by atoms with Crippen LogP contribution in [0.1, 0.15) is 36.1 Å². The molecule has 1 aliphatic heterocycles. The quantitative estimate of drug-likeness (QED) is 0.814. The molecule has 2 heterocycles. The molecule has 0 aliphatic carbocycles. The van der Waals surface area contributed by atoms with Crippen molar-refractivity contribution >= 4 is 16.7 Å². The largest absolute Gasteiger partial charge is 0.379 e. The van der Waals surface area contributed by atoms with Gasteiger partial charge in [-0.25, -0.2) is 0 Å². The van der Waals surface area contributed by atoms with Crippen LogP contribution in [-0.4, -0.2) is 41.6 Å². The second-order valence-corrected chi connectivity index (χ2v) is 5.68. The molecule has 0 spiro atoms. The van der Waals surface area contributed by atoms with Gasteiger partial charge in [-0.2, -0.15) is 0 Å². The first-order chi connectivity index (χ1) is 10.1. The van der Waals surface area contributed by atoms with Gasteiger partial charge in [0.25, 0.3) is 0 Å². The maximum absolute atomic E-state index is 12.0. The molecule has 4 nitrogen and oxygen atoms in total. The summed E-state index contributed by atoms with van der Waals surface area (Å²) in [5.74, 6) is 0.136. The molecule has 3 rings (SSSR count). The van der Waals surface area contributed by atoms with Gasteiger partial charge < -0.3 is 9.30 Å². The molecule has 1 unspecified atom stereocenters. The lowest BCUT2D eigenvalue weighted by Crippen LogP contribution is -2.40. The zero-order chi connectivity index (χ0) is 15.0. The highest BCUT2D eigenvalue weighted by Crippen LogP contribution is 2.30. The van der Waals surface area contributed by atoms with E-state index in [9.17, 15) is 4.79 Å². The third-order valence-electron chi connectivity index (χ3n) is 4.46. The van der Waals surface area contributed by atoms with E-state index in [2.05, 4.69) is 22.5 Å². The van der Waals surface area contributed by atoms with Gasteiger partial charge in [0, 0.05) is 29.7 Å². The van der Waals surface area contributed by atoms with Crippen molar-refractivity contribution in [2.75, 3.05) is 26.3 Å². The van der Waals surface area contributed by atoms with Crippen LogP contribution in [0.2, 0.25) is 0 Å². The number of benzene rings is 1. The fourth-order valence-corrected chi connectivity index (χ4v) is 3.43. The first-order valence-corrected chi connectivity index (χ1v) is 7.53. The molecular formula is C17H22N2O2. The lowest BCUT2D eigenvalue weighted by molar-refractivity contribution is 0.00432. The zero-order valence-corrected chi connectivity index (χ0v) is 12.9. The van der Waals surface area contributed by atoms with Crippen LogP contribution in [-0.2, 0) is 4.74 Å². The van der Waals surface area contributed by atoms with E-state index in [-0.39, 0.29) is 11.9 Å². The Morgan fingerprint density at radius 2 is 1.90 bits per heavy atom. The first-order valence-electron chi connectivity index (χ1n) is 7.53. The highest BCUT2D eigenvalue weighted by Gasteiger charge is 2.24. The number of fused-ring (bicyclic) bond motifs is 1. The van der Waals surface area contributed by atoms with E-state index in [1.54, 1.807) is 6.92 Å². The maximum atomic E-state index is 12.0. The Balaban J connectivity index is 2.13. The van der Waals surface area contributed by atoms with E-state index in [1.165, 1.54) is 0 Å². The van der Waals surface area contributed by atoms with Crippen molar-refractivity contribution in [2.45, 2.75) is 26.9 Å². The van der Waals surface area contributed by atoms with Gasteiger partial charge in [0.15, 0.2) is 5.78 Å². The molecule has 1 aromatic heterocycles. The SMILES string of the molecule is CC(=O)c1c(C)n(C(C)N2CCOCC2)c2ccccc12. The van der Waals surface area contributed by atoms with Crippen LogP contribution in [0, 0.1) is 6.92 Å². The molecule has 0 bridgehead atoms. The summed E-state index contributed by atoms with van der Waals surface area (Å²) in [4.78, 5) is 14.5. The monoisotopic (exact) mass is 286 g/mol. The number of carbonyl (C=O) groups is 1. The van der Waals surface area contributed by atoms with Crippen LogP contribution >= 0.6 is 0 Å². The lowest BCUT2D eigenvalue weighted by atomic mass is 10.1. The smallest absolute Gasteiger partial charge is 0.162 e. The predicted octanol–water partition coefficient (Wildman–Crippen LogP) is 3.00. The summed E-state index contributed by atoms with van der Waals surface area (Å²) in [5, 5.41) is 1.06. The number of para-hydroxylation sites is 1. The van der Waals surface area contributed by atoms with Crippen LogP contribution in [0.15, 0.2) is 24.3 Å². The number of nitrogens with zero attached hydrogens (tertiary/aromatic N) is 2. The molecule has 1 aromatic carbocycles. The van der Waals surface area contributed by atoms with Crippen LogP contribution in [0.5, 0.6) is 0 Å². The Hall–Kier alpha value is -1.65. The van der Waals surface area contributed by atoms with Gasteiger partial charge in [-0.3, -0.25) is 9.69 Å². The molecular weight excluding hydrogens is 264 g/mol. The summed E-state index contributed by atoms with van der Waals surface area (Å²) in [6.07, 6.45) is 0.229. The average molecular weight is 286 g/mol. The highest BCUT2D eigenvalue weighted by atomic mass is 16.5. The fourth-order valence-electron chi connectivity index (χ4n) is 3.43. The Bertz CT molecular complexity index is 669. The van der Waals surface area contributed by atoms with Crippen LogP contribution in [0.3, 0.4) is 0 Å². The minimum atomic E-state index is 0.136. The molecule has 21 heavy (non-hydrogen) atoms. The van der Waals surface area contributed by atoms with Gasteiger partial charge in [-0.1, -0.05) is 18.2 Å². The minimum absolute atomic E-state index is 0.136. The van der Waals surface area contributed by atoms with E-state index >= 15 is 0 Å². The highest BCUT2D eigenvalue weighted by molar-refractivity contribution is 6.08. The Morgan fingerprint density at radius 3 is 2.57 bits per heavy atom. The van der Waals surface area contributed by atoms with Gasteiger partial charge in [0.2, 0.25) is 0 Å². The van der Waals surface area contributed by atoms with Crippen molar-refractivity contribution < 1.29 is 9.53 Å². The number of Topliss-reactive ketones (excluding diaryl/α,β-unsaturated/α-hetero) is 1. The molecule has 1 atom stereocenters. The normalized spacial score (nSPS) is 18.0. The molecule has 0 amide bonds. The second kappa shape index (κ2) is 5.62. The van der Waals surface area contributed by atoms with E-state index in [0.717, 1.165) is 48.5 Å². The van der Waals surface area contributed by atoms with Crippen molar-refractivity contribution in [3.8, 4) is 0 Å². The van der Waals surface area contributed by atoms with Gasteiger partial charge in [-0.05, 0) is 26.8 Å². The molecule has 0 radical (unpaired) electrons. The lowest BCUT2D eigenvalue weighted by Gasteiger charge is -2.34. The second-order valence-electron chi connectivity index (χ2n) is 5.68. The van der Waals surface area contributed by atoms with Gasteiger partial charge in [-0.15, -0.1) is 0 Å². The number of ketones is 1. The van der Waals surface area contributed by atoms with Crippen LogP contribution < -0.4 is 0 Å². The number of rotatable bonds is 3. The summed E-state index contributed by atoms with van der Waals surface area (Å²) >= 11 is 0. The van der Waals surface area contributed by atoms with Crippen LogP contribution in [0.4, 0.5) is 0 Å². The predicted molar refractivity (Wildman–Crippen MR) is 83.8 cm³/mol. The molecule has 1 saturated heterocycles. The number of carbonyl (C=O) groups excluding carboxylic acids is 1. The number of aromatic nitrogens is 1. The summed E-state index contributed by atoms with van der Waals surface area (Å²) in [5.41, 5.74) is 3.05. The van der Waals surface area contributed by atoms with Crippen molar-refractivity contribution in [3.05, 3.63) is 35.5 Å². The summed E-state index contributed by atoms with van der Waals surface area (Å²) in [6.45, 7) is 9.33. The van der Waals surface area contributed by atoms with E-state index in [1.807, 2.05) is 25.1 Å². The van der Waals surface area contributed by atoms with Gasteiger partial charge in [0.1, 0.15) is 0 Å². The first kappa shape index (κ1) is 14.3. The van der Waals surface area contributed by atoms with Gasteiger partial charge in [0.05, 0.1) is 24.9 Å². The van der Waals surface area contributed by atoms with Crippen LogP contribution in [0.25, 0.3) is 10.9 Å². The van der Waals surface area contributed by atoms with E-state index < -0.39 is 0 Å². The fraction of sp³-hybridized carbons (Fsp3) is 0.471. The van der Waals surface area contributed by atoms with Crippen molar-refractivity contribution in [1.82, 2.24) is 9.47 Å². The topological polar surface area (TPSA) is 34.5 Å². The molecule has 1 fully saturated rings. The summed E-state index contributed by atoms with van der Waals surface area (Å²) < 4.78 is 7.73. The van der Waals surface area contributed by atoms with Crippen molar-refractivity contribution in [1.29, 1.82) is 0 Å². The minimum Gasteiger partial charge on any atom is -0.379 e. The van der Waals surface area contributed by atoms with Crippen molar-refractivity contribution in [2.24, 2.45) is 0 Å². The standard InChI is InChI=1S/C17H22N2O2/c1-12-17(13(2)20)15-6-4-5-7-16(15)19(12)14(3)18-8-10-21-11-9-18/h4-7,14H,8-11H2,1-3H3. The van der Waals surface area contributed by atoms with Crippen molar-refractivity contribution in [3.63, 3.8) is 0 Å². The molecule has 0 N–H and O–H groups in total. The average Bonchev–Trinajstić information content (AvgIpc) is 2.79.